The van der Waals surface area contributed by atoms with Crippen molar-refractivity contribution < 1.29 is 4.79 Å². The van der Waals surface area contributed by atoms with Crippen molar-refractivity contribution in [2.24, 2.45) is 0 Å². The number of rotatable bonds is 2. The van der Waals surface area contributed by atoms with Crippen molar-refractivity contribution in [3.63, 3.8) is 0 Å². The third kappa shape index (κ3) is 4.49. The van der Waals surface area contributed by atoms with Gasteiger partial charge < -0.3 is 10.2 Å². The Morgan fingerprint density at radius 2 is 1.86 bits per heavy atom. The molecule has 0 unspecified atom stereocenters. The normalized spacial score (nSPS) is 16.9. The van der Waals surface area contributed by atoms with Crippen LogP contribution in [0.25, 0.3) is 0 Å². The number of carbonyl (C=O) groups excluding carboxylic acids is 1. The summed E-state index contributed by atoms with van der Waals surface area (Å²) in [6.07, 6.45) is 2.84. The minimum absolute atomic E-state index is 0. The van der Waals surface area contributed by atoms with Crippen LogP contribution in [0.4, 0.5) is 0 Å². The van der Waals surface area contributed by atoms with Crippen LogP contribution < -0.4 is 5.32 Å². The molecular formula is C9H20Cl2N2O. The summed E-state index contributed by atoms with van der Waals surface area (Å²) in [7, 11) is 1.99. The predicted molar refractivity (Wildman–Crippen MR) is 63.4 cm³/mol. The van der Waals surface area contributed by atoms with E-state index in [1.165, 1.54) is 0 Å². The molecule has 1 amide bonds. The fraction of sp³-hybridized carbons (Fsp3) is 0.889. The van der Waals surface area contributed by atoms with Crippen molar-refractivity contribution in [2.45, 2.75) is 32.2 Å². The van der Waals surface area contributed by atoms with E-state index in [2.05, 4.69) is 5.32 Å². The molecule has 0 saturated carbocycles. The van der Waals surface area contributed by atoms with Gasteiger partial charge in [-0.25, -0.2) is 0 Å². The van der Waals surface area contributed by atoms with Crippen molar-refractivity contribution in [1.82, 2.24) is 10.2 Å². The van der Waals surface area contributed by atoms with E-state index < -0.39 is 0 Å². The molecule has 0 aromatic heterocycles. The zero-order valence-electron chi connectivity index (χ0n) is 8.78. The maximum Gasteiger partial charge on any atom is 0.222 e. The molecule has 0 radical (unpaired) electrons. The van der Waals surface area contributed by atoms with E-state index in [0.29, 0.717) is 18.4 Å². The second-order valence-electron chi connectivity index (χ2n) is 3.30. The molecule has 14 heavy (non-hydrogen) atoms. The van der Waals surface area contributed by atoms with Gasteiger partial charge in [-0.1, -0.05) is 6.92 Å². The molecule has 0 aromatic carbocycles. The molecule has 1 heterocycles. The lowest BCUT2D eigenvalue weighted by atomic mass is 10.1. The molecule has 5 heteroatoms. The molecule has 0 atom stereocenters. The Morgan fingerprint density at radius 1 is 1.36 bits per heavy atom. The average molecular weight is 243 g/mol. The predicted octanol–water partition coefficient (Wildman–Crippen LogP) is 1.45. The van der Waals surface area contributed by atoms with Crippen molar-refractivity contribution in [3.05, 3.63) is 0 Å². The SMILES string of the molecule is CCC(=O)N1CCC(NC)CC1.Cl.Cl. The summed E-state index contributed by atoms with van der Waals surface area (Å²) in [6.45, 7) is 3.78. The number of amides is 1. The van der Waals surface area contributed by atoms with Crippen LogP contribution in [0.5, 0.6) is 0 Å². The van der Waals surface area contributed by atoms with E-state index in [-0.39, 0.29) is 24.8 Å². The molecule has 3 nitrogen and oxygen atoms in total. The van der Waals surface area contributed by atoms with Crippen LogP contribution in [0.15, 0.2) is 0 Å². The topological polar surface area (TPSA) is 32.3 Å². The smallest absolute Gasteiger partial charge is 0.222 e. The fourth-order valence-electron chi connectivity index (χ4n) is 1.64. The highest BCUT2D eigenvalue weighted by atomic mass is 35.5. The number of hydrogen-bond donors (Lipinski definition) is 1. The lowest BCUT2D eigenvalue weighted by Crippen LogP contribution is -2.43. The van der Waals surface area contributed by atoms with Gasteiger partial charge in [-0.2, -0.15) is 0 Å². The largest absolute Gasteiger partial charge is 0.343 e. The van der Waals surface area contributed by atoms with Gasteiger partial charge in [-0.05, 0) is 19.9 Å². The first-order valence-electron chi connectivity index (χ1n) is 4.73. The van der Waals surface area contributed by atoms with Crippen molar-refractivity contribution in [2.75, 3.05) is 20.1 Å². The van der Waals surface area contributed by atoms with Gasteiger partial charge in [0.05, 0.1) is 0 Å². The Bertz CT molecular complexity index is 159. The van der Waals surface area contributed by atoms with E-state index >= 15 is 0 Å². The number of nitrogens with zero attached hydrogens (tertiary/aromatic N) is 1. The van der Waals surface area contributed by atoms with Gasteiger partial charge >= 0.3 is 0 Å². The highest BCUT2D eigenvalue weighted by Crippen LogP contribution is 2.10. The summed E-state index contributed by atoms with van der Waals surface area (Å²) in [6, 6.07) is 0.617. The summed E-state index contributed by atoms with van der Waals surface area (Å²) < 4.78 is 0. The van der Waals surface area contributed by atoms with Gasteiger partial charge in [0.2, 0.25) is 5.91 Å². The highest BCUT2D eigenvalue weighted by molar-refractivity contribution is 5.85. The number of carbonyl (C=O) groups is 1. The molecule has 1 saturated heterocycles. The molecule has 1 rings (SSSR count). The summed E-state index contributed by atoms with van der Waals surface area (Å²) in [4.78, 5) is 13.2. The Labute approximate surface area is 98.4 Å². The van der Waals surface area contributed by atoms with Crippen LogP contribution >= 0.6 is 24.8 Å². The summed E-state index contributed by atoms with van der Waals surface area (Å²) in [5.74, 6) is 0.296. The molecule has 0 spiro atoms. The number of nitrogens with one attached hydrogen (secondary N) is 1. The van der Waals surface area contributed by atoms with Gasteiger partial charge in [0.25, 0.3) is 0 Å². The van der Waals surface area contributed by atoms with Crippen molar-refractivity contribution in [3.8, 4) is 0 Å². The van der Waals surface area contributed by atoms with Crippen LogP contribution in [0.3, 0.4) is 0 Å². The fourth-order valence-corrected chi connectivity index (χ4v) is 1.64. The second kappa shape index (κ2) is 8.33. The number of hydrogen-bond acceptors (Lipinski definition) is 2. The third-order valence-corrected chi connectivity index (χ3v) is 2.56. The van der Waals surface area contributed by atoms with E-state index in [1.54, 1.807) is 0 Å². The lowest BCUT2D eigenvalue weighted by molar-refractivity contribution is -0.131. The van der Waals surface area contributed by atoms with E-state index in [0.717, 1.165) is 25.9 Å². The summed E-state index contributed by atoms with van der Waals surface area (Å²) in [5, 5.41) is 3.24. The van der Waals surface area contributed by atoms with Gasteiger partial charge in [0.15, 0.2) is 0 Å². The van der Waals surface area contributed by atoms with Gasteiger partial charge in [-0.15, -0.1) is 24.8 Å². The second-order valence-corrected chi connectivity index (χ2v) is 3.30. The molecule has 1 aliphatic heterocycles. The number of piperidine rings is 1. The standard InChI is InChI=1S/C9H18N2O.2ClH/c1-3-9(12)11-6-4-8(10-2)5-7-11;;/h8,10H,3-7H2,1-2H3;2*1H. The van der Waals surface area contributed by atoms with Gasteiger partial charge in [0, 0.05) is 25.6 Å². The van der Waals surface area contributed by atoms with Crippen LogP contribution in [0, 0.1) is 0 Å². The maximum atomic E-state index is 11.3. The van der Waals surface area contributed by atoms with E-state index in [1.807, 2.05) is 18.9 Å². The lowest BCUT2D eigenvalue weighted by Gasteiger charge is -2.31. The summed E-state index contributed by atoms with van der Waals surface area (Å²) in [5.41, 5.74) is 0. The van der Waals surface area contributed by atoms with Crippen LogP contribution in [0.2, 0.25) is 0 Å². The molecule has 1 aliphatic rings. The first-order chi connectivity index (χ1) is 5.77. The van der Waals surface area contributed by atoms with Crippen LogP contribution in [-0.4, -0.2) is 37.0 Å². The minimum atomic E-state index is 0. The van der Waals surface area contributed by atoms with Gasteiger partial charge in [-0.3, -0.25) is 4.79 Å². The highest BCUT2D eigenvalue weighted by Gasteiger charge is 2.19. The molecule has 86 valence electrons. The molecular weight excluding hydrogens is 223 g/mol. The Kier molecular flexibility index (Phi) is 9.78. The van der Waals surface area contributed by atoms with E-state index in [4.69, 9.17) is 0 Å². The number of likely N-dealkylation sites (tertiary alicyclic amines) is 1. The Hall–Kier alpha value is 0.01000. The Morgan fingerprint density at radius 3 is 2.21 bits per heavy atom. The van der Waals surface area contributed by atoms with Crippen LogP contribution in [0.1, 0.15) is 26.2 Å². The third-order valence-electron chi connectivity index (χ3n) is 2.56. The monoisotopic (exact) mass is 242 g/mol. The first-order valence-corrected chi connectivity index (χ1v) is 4.73. The zero-order chi connectivity index (χ0) is 8.97. The molecule has 1 N–H and O–H groups in total. The number of halogens is 2. The zero-order valence-corrected chi connectivity index (χ0v) is 10.4. The van der Waals surface area contributed by atoms with Crippen molar-refractivity contribution in [1.29, 1.82) is 0 Å². The van der Waals surface area contributed by atoms with Gasteiger partial charge in [0.1, 0.15) is 0 Å². The molecule has 0 aliphatic carbocycles. The quantitative estimate of drug-likeness (QED) is 0.796. The summed E-state index contributed by atoms with van der Waals surface area (Å²) >= 11 is 0. The maximum absolute atomic E-state index is 11.3. The minimum Gasteiger partial charge on any atom is -0.343 e. The van der Waals surface area contributed by atoms with Crippen molar-refractivity contribution >= 4 is 30.7 Å². The average Bonchev–Trinajstić information content (AvgIpc) is 2.17. The van der Waals surface area contributed by atoms with Crippen LogP contribution in [-0.2, 0) is 4.79 Å². The molecule has 0 bridgehead atoms. The molecule has 0 aromatic rings. The Balaban J connectivity index is 0. The van der Waals surface area contributed by atoms with E-state index in [9.17, 15) is 4.79 Å². The first kappa shape index (κ1) is 16.4. The molecule has 1 fully saturated rings.